The van der Waals surface area contributed by atoms with Crippen LogP contribution in [-0.4, -0.2) is 79.6 Å². The molecule has 2 aliphatic rings. The number of ether oxygens (including phenoxy) is 2. The van der Waals surface area contributed by atoms with Gasteiger partial charge >= 0.3 is 5.97 Å². The highest BCUT2D eigenvalue weighted by atomic mass is 32.2. The maximum absolute atomic E-state index is 12.7. The molecule has 0 unspecified atom stereocenters. The number of amides is 2. The quantitative estimate of drug-likeness (QED) is 0.567. The fourth-order valence-corrected chi connectivity index (χ4v) is 5.37. The molecule has 192 valence electrons. The lowest BCUT2D eigenvalue weighted by molar-refractivity contribution is -0.152. The zero-order valence-corrected chi connectivity index (χ0v) is 20.8. The molecule has 1 spiro atoms. The summed E-state index contributed by atoms with van der Waals surface area (Å²) in [5, 5.41) is 11.5. The average molecular weight is 517 g/mol. The number of carboxylic acid groups (broad SMARTS) is 1. The third kappa shape index (κ3) is 5.13. The molecule has 0 aliphatic carbocycles. The van der Waals surface area contributed by atoms with Gasteiger partial charge in [0.05, 0.1) is 36.4 Å². The van der Waals surface area contributed by atoms with Crippen LogP contribution < -0.4 is 5.32 Å². The van der Waals surface area contributed by atoms with Crippen LogP contribution in [0.25, 0.3) is 11.1 Å². The van der Waals surface area contributed by atoms with E-state index in [1.54, 1.807) is 62.4 Å². The van der Waals surface area contributed by atoms with Crippen LogP contribution in [0.5, 0.6) is 0 Å². The summed E-state index contributed by atoms with van der Waals surface area (Å²) in [4.78, 5) is 38.3. The van der Waals surface area contributed by atoms with E-state index in [-0.39, 0.29) is 24.4 Å². The van der Waals surface area contributed by atoms with Crippen LogP contribution in [0, 0.1) is 0 Å². The fraction of sp³-hybridized carbons (Fsp3) is 0.400. The highest BCUT2D eigenvalue weighted by molar-refractivity contribution is 7.92. The molecule has 2 saturated heterocycles. The molecule has 2 aliphatic heterocycles. The third-order valence-electron chi connectivity index (χ3n) is 6.39. The van der Waals surface area contributed by atoms with Crippen LogP contribution in [0.3, 0.4) is 0 Å². The lowest BCUT2D eigenvalue weighted by atomic mass is 10.0. The van der Waals surface area contributed by atoms with E-state index in [4.69, 9.17) is 9.47 Å². The molecule has 2 N–H and O–H groups in total. The molecule has 1 atom stereocenters. The number of hydrogen-bond acceptors (Lipinski definition) is 7. The molecule has 2 aromatic carbocycles. The molecule has 0 saturated carbocycles. The Balaban J connectivity index is 1.37. The van der Waals surface area contributed by atoms with Crippen LogP contribution in [0.4, 0.5) is 0 Å². The molecule has 2 amide bonds. The van der Waals surface area contributed by atoms with Crippen LogP contribution >= 0.6 is 0 Å². The summed E-state index contributed by atoms with van der Waals surface area (Å²) in [5.74, 6) is -3.28. The van der Waals surface area contributed by atoms with Crippen LogP contribution in [0.1, 0.15) is 30.6 Å². The Hall–Kier alpha value is -3.28. The number of nitrogens with zero attached hydrogens (tertiary/aromatic N) is 1. The van der Waals surface area contributed by atoms with Crippen molar-refractivity contribution in [1.82, 2.24) is 10.2 Å². The number of sulfone groups is 1. The van der Waals surface area contributed by atoms with Gasteiger partial charge in [0.25, 0.3) is 5.91 Å². The monoisotopic (exact) mass is 516 g/mol. The normalized spacial score (nSPS) is 19.1. The van der Waals surface area contributed by atoms with Gasteiger partial charge in [-0.1, -0.05) is 24.3 Å². The maximum atomic E-state index is 12.7. The van der Waals surface area contributed by atoms with Crippen molar-refractivity contribution >= 4 is 27.6 Å². The first-order valence-corrected chi connectivity index (χ1v) is 13.1. The highest BCUT2D eigenvalue weighted by Crippen LogP contribution is 2.34. The lowest BCUT2D eigenvalue weighted by Gasteiger charge is -2.23. The Morgan fingerprint density at radius 2 is 1.58 bits per heavy atom. The first-order chi connectivity index (χ1) is 17.0. The van der Waals surface area contributed by atoms with Gasteiger partial charge in [0.2, 0.25) is 5.91 Å². The number of carboxylic acids is 1. The first kappa shape index (κ1) is 25.8. The van der Waals surface area contributed by atoms with Crippen molar-refractivity contribution in [2.45, 2.75) is 42.2 Å². The fourth-order valence-electron chi connectivity index (χ4n) is 4.31. The minimum absolute atomic E-state index is 0.00930. The van der Waals surface area contributed by atoms with E-state index in [1.807, 2.05) is 0 Å². The van der Waals surface area contributed by atoms with Crippen molar-refractivity contribution in [3.63, 3.8) is 0 Å². The van der Waals surface area contributed by atoms with E-state index in [1.165, 1.54) is 4.90 Å². The first-order valence-electron chi connectivity index (χ1n) is 11.6. The molecule has 2 aromatic rings. The van der Waals surface area contributed by atoms with Gasteiger partial charge in [-0.3, -0.25) is 9.59 Å². The van der Waals surface area contributed by atoms with Gasteiger partial charge in [-0.25, -0.2) is 13.2 Å². The van der Waals surface area contributed by atoms with E-state index < -0.39 is 44.7 Å². The number of carbonyl (C=O) groups excluding carboxylic acids is 2. The van der Waals surface area contributed by atoms with Crippen molar-refractivity contribution in [3.8, 4) is 11.1 Å². The average Bonchev–Trinajstić information content (AvgIpc) is 3.49. The van der Waals surface area contributed by atoms with Crippen LogP contribution in [0.15, 0.2) is 53.4 Å². The molecule has 2 heterocycles. The predicted molar refractivity (Wildman–Crippen MR) is 129 cm³/mol. The number of benzene rings is 2. The predicted octanol–water partition coefficient (Wildman–Crippen LogP) is 1.69. The van der Waals surface area contributed by atoms with Gasteiger partial charge in [-0.15, -0.1) is 0 Å². The van der Waals surface area contributed by atoms with Gasteiger partial charge in [0.1, 0.15) is 6.04 Å². The lowest BCUT2D eigenvalue weighted by Crippen LogP contribution is -2.46. The zero-order valence-electron chi connectivity index (χ0n) is 20.0. The van der Waals surface area contributed by atoms with Crippen LogP contribution in [0.2, 0.25) is 0 Å². The molecule has 11 heteroatoms. The molecule has 4 rings (SSSR count). The second kappa shape index (κ2) is 10.00. The number of likely N-dealkylation sites (tertiary alicyclic amines) is 1. The number of carbonyl (C=O) groups is 3. The molecule has 10 nitrogen and oxygen atoms in total. The minimum Gasteiger partial charge on any atom is -0.480 e. The highest BCUT2D eigenvalue weighted by Gasteiger charge is 2.52. The minimum atomic E-state index is -3.36. The van der Waals surface area contributed by atoms with E-state index >= 15 is 0 Å². The van der Waals surface area contributed by atoms with Gasteiger partial charge in [0.15, 0.2) is 15.6 Å². The molecule has 0 aromatic heterocycles. The summed E-state index contributed by atoms with van der Waals surface area (Å²) >= 11 is 0. The molecule has 36 heavy (non-hydrogen) atoms. The number of nitrogens with one attached hydrogen (secondary N) is 1. The SMILES string of the molecule is CC(C)S(=O)(=O)c1ccc(-c2ccc(C(=O)NCC(=O)N3CC4(C[C@H]3C(=O)O)OCCO4)cc2)cc1. The Bertz CT molecular complexity index is 1250. The molecular weight excluding hydrogens is 488 g/mol. The Morgan fingerprint density at radius 1 is 1.03 bits per heavy atom. The van der Waals surface area contributed by atoms with Crippen molar-refractivity contribution < 1.29 is 37.4 Å². The van der Waals surface area contributed by atoms with Gasteiger partial charge in [-0.2, -0.15) is 0 Å². The van der Waals surface area contributed by atoms with E-state index in [9.17, 15) is 27.9 Å². The zero-order chi connectivity index (χ0) is 26.1. The molecule has 0 radical (unpaired) electrons. The third-order valence-corrected chi connectivity index (χ3v) is 8.57. The summed E-state index contributed by atoms with van der Waals surface area (Å²) in [6.07, 6.45) is 0.0356. The van der Waals surface area contributed by atoms with Crippen molar-refractivity contribution in [2.24, 2.45) is 0 Å². The van der Waals surface area contributed by atoms with Crippen molar-refractivity contribution in [1.29, 1.82) is 0 Å². The van der Waals surface area contributed by atoms with E-state index in [2.05, 4.69) is 5.32 Å². The summed E-state index contributed by atoms with van der Waals surface area (Å²) in [5.41, 5.74) is 1.90. The van der Waals surface area contributed by atoms with E-state index in [0.717, 1.165) is 11.1 Å². The number of hydrogen-bond donors (Lipinski definition) is 2. The van der Waals surface area contributed by atoms with Crippen molar-refractivity contribution in [2.75, 3.05) is 26.3 Å². The largest absolute Gasteiger partial charge is 0.480 e. The van der Waals surface area contributed by atoms with Gasteiger partial charge in [-0.05, 0) is 49.2 Å². The summed E-state index contributed by atoms with van der Waals surface area (Å²) in [6.45, 7) is 3.55. The molecule has 0 bridgehead atoms. The topological polar surface area (TPSA) is 139 Å². The summed E-state index contributed by atoms with van der Waals surface area (Å²) in [6, 6.07) is 12.1. The summed E-state index contributed by atoms with van der Waals surface area (Å²) < 4.78 is 35.7. The Morgan fingerprint density at radius 3 is 2.11 bits per heavy atom. The number of aliphatic carboxylic acids is 1. The number of rotatable bonds is 7. The van der Waals surface area contributed by atoms with Crippen molar-refractivity contribution in [3.05, 3.63) is 54.1 Å². The standard InChI is InChI=1S/C25H28N2O8S/c1-16(2)36(32,33)20-9-7-18(8-10-20)17-3-5-19(6-4-17)23(29)26-14-22(28)27-15-25(34-11-12-35-25)13-21(27)24(30)31/h3-10,16,21H,11-15H2,1-2H3,(H,26,29)(H,30,31)/t21-/m0/s1. The molecule has 2 fully saturated rings. The Labute approximate surface area is 209 Å². The van der Waals surface area contributed by atoms with E-state index in [0.29, 0.717) is 18.8 Å². The maximum Gasteiger partial charge on any atom is 0.326 e. The smallest absolute Gasteiger partial charge is 0.326 e. The van der Waals surface area contributed by atoms with Gasteiger partial charge in [0, 0.05) is 12.0 Å². The van der Waals surface area contributed by atoms with Gasteiger partial charge < -0.3 is 24.8 Å². The Kier molecular flexibility index (Phi) is 7.17. The van der Waals surface area contributed by atoms with Crippen LogP contribution in [-0.2, 0) is 28.9 Å². The second-order valence-corrected chi connectivity index (χ2v) is 11.6. The second-order valence-electron chi connectivity index (χ2n) is 9.07. The molecular formula is C25H28N2O8S. The summed E-state index contributed by atoms with van der Waals surface area (Å²) in [7, 11) is -3.36.